The van der Waals surface area contributed by atoms with Crippen molar-refractivity contribution in [2.75, 3.05) is 61.4 Å². The number of sulfone groups is 1. The average molecular weight is 1450 g/mol. The number of fused-ring (bicyclic) bond motifs is 1. The first-order valence-electron chi connectivity index (χ1n) is 37.0. The summed E-state index contributed by atoms with van der Waals surface area (Å²) in [7, 11) is 6.44. The highest BCUT2D eigenvalue weighted by Crippen LogP contribution is 2.52. The van der Waals surface area contributed by atoms with E-state index in [9.17, 15) is 46.8 Å². The molecule has 2 aliphatic carbocycles. The van der Waals surface area contributed by atoms with Crippen LogP contribution in [0.25, 0.3) is 0 Å². The summed E-state index contributed by atoms with van der Waals surface area (Å²) in [5.41, 5.74) is 0.497. The number of ketones is 3. The van der Waals surface area contributed by atoms with E-state index in [-0.39, 0.29) is 118 Å². The number of benzene rings is 2. The molecule has 19 nitrogen and oxygen atoms in total. The topological polar surface area (TPSA) is 239 Å². The zero-order valence-corrected chi connectivity index (χ0v) is 68.4. The highest BCUT2D eigenvalue weighted by Gasteiger charge is 2.50. The Balaban J connectivity index is 0.000000636. The van der Waals surface area contributed by atoms with Gasteiger partial charge in [0.2, 0.25) is 23.6 Å². The molecule has 20 heteroatoms. The van der Waals surface area contributed by atoms with Crippen molar-refractivity contribution in [3.8, 4) is 11.8 Å². The number of hydrogen-bond donors (Lipinski definition) is 1. The molecule has 102 heavy (non-hydrogen) atoms. The third-order valence-corrected chi connectivity index (χ3v) is 21.8. The zero-order chi connectivity index (χ0) is 78.2. The maximum absolute atomic E-state index is 14.5. The van der Waals surface area contributed by atoms with Crippen LogP contribution < -0.4 is 5.32 Å². The number of rotatable bonds is 30. The average Bonchev–Trinajstić information content (AvgIpc) is 1.61. The zero-order valence-electron chi connectivity index (χ0n) is 67.6. The fraction of sp³-hybridized carbons (Fsp3) is 0.732. The van der Waals surface area contributed by atoms with E-state index in [4.69, 9.17) is 23.7 Å². The van der Waals surface area contributed by atoms with Crippen LogP contribution in [0.3, 0.4) is 0 Å². The number of methoxy groups -OCH3 is 4. The number of hydrogen-bond acceptors (Lipinski definition) is 15. The molecule has 1 saturated heterocycles. The van der Waals surface area contributed by atoms with Crippen LogP contribution in [0.5, 0.6) is 0 Å². The van der Waals surface area contributed by atoms with E-state index in [2.05, 4.69) is 37.9 Å². The van der Waals surface area contributed by atoms with E-state index in [1.807, 2.05) is 120 Å². The maximum Gasteiger partial charge on any atom is 0.311 e. The van der Waals surface area contributed by atoms with Gasteiger partial charge in [-0.3, -0.25) is 38.4 Å². The molecule has 2 fully saturated rings. The van der Waals surface area contributed by atoms with Crippen molar-refractivity contribution in [1.82, 2.24) is 20.0 Å². The van der Waals surface area contributed by atoms with E-state index < -0.39 is 62.8 Å². The van der Waals surface area contributed by atoms with Crippen LogP contribution in [0.1, 0.15) is 214 Å². The highest BCUT2D eigenvalue weighted by molar-refractivity contribution is 7.91. The summed E-state index contributed by atoms with van der Waals surface area (Å²) in [6, 6.07) is 14.0. The quantitative estimate of drug-likeness (QED) is 0.0435. The molecular formula is C82H134N4O15S. The predicted octanol–water partition coefficient (Wildman–Crippen LogP) is 13.4. The minimum atomic E-state index is -3.35. The Bertz CT molecular complexity index is 3140. The molecule has 1 N–H and O–H groups in total. The second kappa shape index (κ2) is 41.7. The standard InChI is InChI=1S/C46H76N4O8.C15H22O2.C14H20O3S.C7H16O2/c1-16-30(6)41(48(12)44(55)34(28(2)3)26-37(52)40(29(4)5)49(13)45(56)46(9,10)11)38(57-14)27-39(53)50-24-20-23-36(50)42(58-15)31(7)43(54)47-35(32(8)51)25-33-21-18-17-19-22-33;1-15(2,3)14(16)17-10-13-11-8-6-4-5-7-9-12(11)13;1-11-5-7-12(8-6-11)18(16,17)10-9-13(15)14(2,3)4;1-7(2,3)6(8-4)9-5/h17-19,21-22,28-31,34-36,38,40-42H,16,20,23-27H2,1-15H3,(H,47,54);11-13H,6-10H2,1-3H3;5-8H,9-10H2,1-4H3;6H,1-5H3/t30-,31+,34-,35-,36-,38+,40-,41-,42+;11-,12+,13?;;/m0.../s1. The summed E-state index contributed by atoms with van der Waals surface area (Å²) in [5.74, 6) is 5.49. The van der Waals surface area contributed by atoms with Gasteiger partial charge in [-0.1, -0.05) is 165 Å². The largest absolute Gasteiger partial charge is 0.465 e. The van der Waals surface area contributed by atoms with Crippen LogP contribution in [0.4, 0.5) is 0 Å². The fourth-order valence-electron chi connectivity index (χ4n) is 13.6. The summed E-state index contributed by atoms with van der Waals surface area (Å²) < 4.78 is 51.6. The van der Waals surface area contributed by atoms with Gasteiger partial charge in [-0.05, 0) is 120 Å². The molecule has 4 amide bonds. The van der Waals surface area contributed by atoms with Gasteiger partial charge in [0, 0.05) is 96.9 Å². The molecule has 1 heterocycles. The van der Waals surface area contributed by atoms with E-state index >= 15 is 0 Å². The summed E-state index contributed by atoms with van der Waals surface area (Å²) in [4.78, 5) is 111. The van der Waals surface area contributed by atoms with Crippen molar-refractivity contribution in [3.05, 3.63) is 65.7 Å². The molecule has 0 aromatic heterocycles. The van der Waals surface area contributed by atoms with Gasteiger partial charge >= 0.3 is 5.97 Å². The Kier molecular flexibility index (Phi) is 37.7. The molecule has 0 radical (unpaired) electrons. The summed E-state index contributed by atoms with van der Waals surface area (Å²) in [5, 5.41) is 2.93. The Labute approximate surface area is 615 Å². The van der Waals surface area contributed by atoms with Gasteiger partial charge in [0.05, 0.1) is 71.4 Å². The Hall–Kier alpha value is -5.85. The summed E-state index contributed by atoms with van der Waals surface area (Å²) in [6.45, 7) is 40.8. The Morgan fingerprint density at radius 3 is 1.67 bits per heavy atom. The number of esters is 1. The van der Waals surface area contributed by atoms with Crippen LogP contribution in [0.2, 0.25) is 0 Å². The highest BCUT2D eigenvalue weighted by atomic mass is 32.2. The third-order valence-electron chi connectivity index (χ3n) is 20.0. The van der Waals surface area contributed by atoms with Gasteiger partial charge in [-0.25, -0.2) is 8.42 Å². The number of likely N-dealkylation sites (tertiary alicyclic amines) is 1. The van der Waals surface area contributed by atoms with Crippen molar-refractivity contribution < 1.29 is 70.5 Å². The van der Waals surface area contributed by atoms with Gasteiger partial charge in [0.1, 0.15) is 5.78 Å². The fourth-order valence-corrected chi connectivity index (χ4v) is 14.8. The van der Waals surface area contributed by atoms with Crippen molar-refractivity contribution in [3.63, 3.8) is 0 Å². The number of carbonyl (C=O) groups is 8. The molecule has 578 valence electrons. The lowest BCUT2D eigenvalue weighted by atomic mass is 9.83. The summed E-state index contributed by atoms with van der Waals surface area (Å²) >= 11 is 0. The molecule has 2 aromatic rings. The number of Topliss-reactive ketones (excluding diaryl/α,β-unsaturated/α-hetero) is 3. The number of nitrogens with one attached hydrogen (secondary N) is 1. The monoisotopic (exact) mass is 1450 g/mol. The van der Waals surface area contributed by atoms with Crippen LogP contribution in [0, 0.1) is 87.8 Å². The minimum Gasteiger partial charge on any atom is -0.465 e. The lowest BCUT2D eigenvalue weighted by molar-refractivity contribution is -0.161. The Morgan fingerprint density at radius 2 is 1.24 bits per heavy atom. The number of nitrogens with zero attached hydrogens (tertiary/aromatic N) is 3. The van der Waals surface area contributed by atoms with Gasteiger partial charge < -0.3 is 43.7 Å². The van der Waals surface area contributed by atoms with E-state index in [1.54, 1.807) is 104 Å². The van der Waals surface area contributed by atoms with Crippen LogP contribution in [-0.4, -0.2) is 174 Å². The molecule has 1 unspecified atom stereocenters. The second-order valence-corrected chi connectivity index (χ2v) is 35.4. The first-order chi connectivity index (χ1) is 47.2. The van der Waals surface area contributed by atoms with Gasteiger partial charge in [0.15, 0.2) is 27.7 Å². The predicted molar refractivity (Wildman–Crippen MR) is 404 cm³/mol. The van der Waals surface area contributed by atoms with Gasteiger partial charge in [-0.2, -0.15) is 0 Å². The van der Waals surface area contributed by atoms with Crippen molar-refractivity contribution in [2.24, 2.45) is 69.0 Å². The van der Waals surface area contributed by atoms with Crippen LogP contribution in [0.15, 0.2) is 59.5 Å². The smallest absolute Gasteiger partial charge is 0.311 e. The number of amides is 4. The minimum absolute atomic E-state index is 0.000529. The first-order valence-corrected chi connectivity index (χ1v) is 38.6. The second-order valence-electron chi connectivity index (χ2n) is 33.3. The number of ether oxygens (including phenoxy) is 5. The number of likely N-dealkylation sites (N-methyl/N-ethyl adjacent to an activating group) is 2. The first kappa shape index (κ1) is 92.2. The molecule has 12 atom stereocenters. The normalized spacial score (nSPS) is 19.2. The molecule has 1 aliphatic heterocycles. The van der Waals surface area contributed by atoms with Crippen molar-refractivity contribution in [2.45, 2.75) is 264 Å². The molecule has 0 bridgehead atoms. The summed E-state index contributed by atoms with van der Waals surface area (Å²) in [6.07, 6.45) is 5.55. The lowest BCUT2D eigenvalue weighted by Crippen LogP contribution is -2.55. The molecular weight excluding hydrogens is 1310 g/mol. The molecule has 1 saturated carbocycles. The van der Waals surface area contributed by atoms with E-state index in [1.165, 1.54) is 24.7 Å². The van der Waals surface area contributed by atoms with Gasteiger partial charge in [0.25, 0.3) is 0 Å². The molecule has 2 aromatic carbocycles. The van der Waals surface area contributed by atoms with Gasteiger partial charge in [-0.15, -0.1) is 11.8 Å². The number of carbonyl (C=O) groups excluding carboxylic acids is 8. The van der Waals surface area contributed by atoms with Crippen molar-refractivity contribution in [1.29, 1.82) is 0 Å². The van der Waals surface area contributed by atoms with Crippen molar-refractivity contribution >= 4 is 56.8 Å². The van der Waals surface area contributed by atoms with Crippen LogP contribution >= 0.6 is 0 Å². The molecule has 0 spiro atoms. The van der Waals surface area contributed by atoms with E-state index in [0.717, 1.165) is 42.2 Å². The SMILES string of the molecule is CC(C)(C)C(=O)OCC1[C@H]2CCC#CCC[C@@H]12.CC[C@H](C)[C@@H]([C@@H](CC(=O)N1CCC[C@H]1[C@H](OC)[C@@H](C)C(=O)N[C@@H](Cc1ccccc1)C(C)=O)OC)N(C)C(=O)[C@@H](CC(=O)[C@H](C(C)C)N(C)C(=O)C(C)(C)C)C(C)C.COC(OC)C(C)(C)C.Cc1ccc(S(=O)(=O)CCC(=O)C(C)(C)C)cc1. The lowest BCUT2D eigenvalue weighted by Gasteiger charge is -2.41. The molecule has 3 aliphatic rings. The molecule has 5 rings (SSSR count). The van der Waals surface area contributed by atoms with E-state index in [0.29, 0.717) is 38.3 Å². The third kappa shape index (κ3) is 28.9. The van der Waals surface area contributed by atoms with Crippen LogP contribution in [-0.2, 0) is 78.3 Å². The number of aryl methyl sites for hydroxylation is 1. The Morgan fingerprint density at radius 1 is 0.686 bits per heavy atom. The maximum atomic E-state index is 14.5.